The molecule has 4 aromatic rings. The fourth-order valence-electron chi connectivity index (χ4n) is 3.20. The monoisotopic (exact) mass is 356 g/mol. The molecule has 1 N–H and O–H groups in total. The van der Waals surface area contributed by atoms with E-state index in [1.165, 1.54) is 6.07 Å². The first kappa shape index (κ1) is 14.0. The van der Waals surface area contributed by atoms with Gasteiger partial charge in [-0.3, -0.25) is 0 Å². The fourth-order valence-corrected chi connectivity index (χ4v) is 4.11. The van der Waals surface area contributed by atoms with Gasteiger partial charge in [0, 0.05) is 21.3 Å². The van der Waals surface area contributed by atoms with Gasteiger partial charge in [-0.15, -0.1) is 11.3 Å². The summed E-state index contributed by atoms with van der Waals surface area (Å²) in [5.41, 5.74) is 2.87. The van der Waals surface area contributed by atoms with E-state index in [4.69, 9.17) is 16.3 Å². The molecule has 5 rings (SSSR count). The van der Waals surface area contributed by atoms with Crippen LogP contribution in [-0.4, -0.2) is 9.97 Å². The Morgan fingerprint density at radius 3 is 2.92 bits per heavy atom. The summed E-state index contributed by atoms with van der Waals surface area (Å²) in [5, 5.41) is 2.90. The maximum absolute atomic E-state index is 14.6. The highest BCUT2D eigenvalue weighted by Crippen LogP contribution is 2.48. The molecule has 0 fully saturated rings. The summed E-state index contributed by atoms with van der Waals surface area (Å²) >= 11 is 7.64. The Kier molecular flexibility index (Phi) is 2.96. The van der Waals surface area contributed by atoms with Crippen molar-refractivity contribution in [3.63, 3.8) is 0 Å². The third-order valence-electron chi connectivity index (χ3n) is 4.18. The van der Waals surface area contributed by atoms with Crippen molar-refractivity contribution in [2.45, 2.75) is 6.10 Å². The van der Waals surface area contributed by atoms with Crippen molar-refractivity contribution < 1.29 is 9.13 Å². The van der Waals surface area contributed by atoms with E-state index >= 15 is 0 Å². The van der Waals surface area contributed by atoms with Crippen LogP contribution in [0.1, 0.15) is 16.5 Å². The molecule has 1 aromatic carbocycles. The van der Waals surface area contributed by atoms with Crippen LogP contribution in [0.5, 0.6) is 5.75 Å². The second kappa shape index (κ2) is 5.06. The standard InChI is InChI=1S/C18H10ClFN2OS/c19-13-7-6-11-16(22-13)17-15(18(23-11)12-5-2-8-24-12)14-9(20)3-1-4-10(14)21-17/h1-8,18,21H. The van der Waals surface area contributed by atoms with E-state index in [1.807, 2.05) is 23.6 Å². The number of nitrogens with one attached hydrogen (secondary N) is 1. The van der Waals surface area contributed by atoms with E-state index in [0.717, 1.165) is 21.7 Å². The molecule has 1 unspecified atom stereocenters. The molecule has 6 heteroatoms. The fraction of sp³-hybridized carbons (Fsp3) is 0.0556. The summed E-state index contributed by atoms with van der Waals surface area (Å²) in [6.45, 7) is 0. The van der Waals surface area contributed by atoms with Crippen molar-refractivity contribution >= 4 is 33.8 Å². The van der Waals surface area contributed by atoms with Crippen molar-refractivity contribution in [1.29, 1.82) is 0 Å². The Bertz CT molecular complexity index is 1070. The third kappa shape index (κ3) is 1.92. The van der Waals surface area contributed by atoms with Gasteiger partial charge in [0.1, 0.15) is 22.4 Å². The van der Waals surface area contributed by atoms with Crippen molar-refractivity contribution in [3.8, 4) is 17.1 Å². The number of pyridine rings is 1. The van der Waals surface area contributed by atoms with Crippen molar-refractivity contribution in [2.75, 3.05) is 0 Å². The summed E-state index contributed by atoms with van der Waals surface area (Å²) < 4.78 is 20.7. The first-order chi connectivity index (χ1) is 11.7. The Labute approximate surface area is 145 Å². The van der Waals surface area contributed by atoms with Gasteiger partial charge in [-0.05, 0) is 35.7 Å². The highest BCUT2D eigenvalue weighted by molar-refractivity contribution is 7.10. The molecule has 1 aliphatic heterocycles. The van der Waals surface area contributed by atoms with Gasteiger partial charge >= 0.3 is 0 Å². The van der Waals surface area contributed by atoms with Crippen LogP contribution in [0.4, 0.5) is 4.39 Å². The average Bonchev–Trinajstić information content (AvgIpc) is 3.22. The van der Waals surface area contributed by atoms with Crippen LogP contribution >= 0.6 is 22.9 Å². The van der Waals surface area contributed by atoms with Crippen molar-refractivity contribution in [2.24, 2.45) is 0 Å². The number of aromatic nitrogens is 2. The van der Waals surface area contributed by atoms with Crippen LogP contribution in [-0.2, 0) is 0 Å². The summed E-state index contributed by atoms with van der Waals surface area (Å²) in [7, 11) is 0. The molecule has 118 valence electrons. The van der Waals surface area contributed by atoms with Crippen LogP contribution in [0.15, 0.2) is 47.8 Å². The lowest BCUT2D eigenvalue weighted by molar-refractivity contribution is 0.247. The number of hydrogen-bond donors (Lipinski definition) is 1. The quantitative estimate of drug-likeness (QED) is 0.453. The van der Waals surface area contributed by atoms with E-state index in [9.17, 15) is 4.39 Å². The number of halogens is 2. The highest BCUT2D eigenvalue weighted by atomic mass is 35.5. The second-order valence-corrected chi connectivity index (χ2v) is 6.94. The molecule has 1 aliphatic rings. The number of H-pyrrole nitrogens is 1. The number of ether oxygens (including phenoxy) is 1. The van der Waals surface area contributed by atoms with E-state index in [1.54, 1.807) is 29.5 Å². The first-order valence-corrected chi connectivity index (χ1v) is 8.65. The number of benzene rings is 1. The predicted molar refractivity (Wildman–Crippen MR) is 93.3 cm³/mol. The molecule has 0 bridgehead atoms. The van der Waals surface area contributed by atoms with Crippen LogP contribution in [0.25, 0.3) is 22.3 Å². The lowest BCUT2D eigenvalue weighted by atomic mass is 9.98. The maximum Gasteiger partial charge on any atom is 0.161 e. The van der Waals surface area contributed by atoms with E-state index < -0.39 is 0 Å². The molecule has 0 aliphatic carbocycles. The van der Waals surface area contributed by atoms with Crippen LogP contribution < -0.4 is 4.74 Å². The minimum absolute atomic E-state index is 0.277. The average molecular weight is 357 g/mol. The second-order valence-electron chi connectivity index (χ2n) is 5.57. The molecular weight excluding hydrogens is 347 g/mol. The van der Waals surface area contributed by atoms with Gasteiger partial charge < -0.3 is 9.72 Å². The number of fused-ring (bicyclic) bond motifs is 5. The zero-order valence-corrected chi connectivity index (χ0v) is 13.8. The molecule has 3 nitrogen and oxygen atoms in total. The van der Waals surface area contributed by atoms with Gasteiger partial charge in [-0.2, -0.15) is 0 Å². The number of rotatable bonds is 1. The van der Waals surface area contributed by atoms with E-state index in [-0.39, 0.29) is 11.9 Å². The van der Waals surface area contributed by atoms with E-state index in [2.05, 4.69) is 9.97 Å². The van der Waals surface area contributed by atoms with Crippen LogP contribution in [0.2, 0.25) is 5.15 Å². The minimum atomic E-state index is -0.374. The summed E-state index contributed by atoms with van der Waals surface area (Å²) in [4.78, 5) is 8.70. The highest BCUT2D eigenvalue weighted by Gasteiger charge is 2.33. The molecule has 0 saturated carbocycles. The van der Waals surface area contributed by atoms with Gasteiger partial charge in [-0.25, -0.2) is 9.37 Å². The Hall–Kier alpha value is -2.37. The number of thiophene rings is 1. The lowest BCUT2D eigenvalue weighted by Crippen LogP contribution is -2.14. The zero-order chi connectivity index (χ0) is 16.3. The summed E-state index contributed by atoms with van der Waals surface area (Å²) in [6, 6.07) is 12.5. The number of hydrogen-bond acceptors (Lipinski definition) is 3. The summed E-state index contributed by atoms with van der Waals surface area (Å²) in [6.07, 6.45) is -0.374. The Morgan fingerprint density at radius 2 is 2.08 bits per heavy atom. The normalized spacial score (nSPS) is 15.8. The molecule has 0 radical (unpaired) electrons. The maximum atomic E-state index is 14.6. The van der Waals surface area contributed by atoms with Crippen molar-refractivity contribution in [3.05, 3.63) is 69.3 Å². The molecule has 1 atom stereocenters. The topological polar surface area (TPSA) is 37.9 Å². The van der Waals surface area contributed by atoms with Gasteiger partial charge in [0.15, 0.2) is 6.10 Å². The molecular formula is C18H10ClFN2OS. The zero-order valence-electron chi connectivity index (χ0n) is 12.2. The SMILES string of the molecule is Fc1cccc2[nH]c3c(c12)C(c1cccs1)Oc1ccc(Cl)nc1-3. The Balaban J connectivity index is 1.89. The van der Waals surface area contributed by atoms with Gasteiger partial charge in [0.25, 0.3) is 0 Å². The van der Waals surface area contributed by atoms with Gasteiger partial charge in [0.2, 0.25) is 0 Å². The number of aromatic amines is 1. The van der Waals surface area contributed by atoms with Crippen molar-refractivity contribution in [1.82, 2.24) is 9.97 Å². The predicted octanol–water partition coefficient (Wildman–Crippen LogP) is 5.57. The molecule has 24 heavy (non-hydrogen) atoms. The largest absolute Gasteiger partial charge is 0.478 e. The molecule has 4 heterocycles. The van der Waals surface area contributed by atoms with Gasteiger partial charge in [-0.1, -0.05) is 23.7 Å². The Morgan fingerprint density at radius 1 is 1.17 bits per heavy atom. The van der Waals surface area contributed by atoms with Crippen LogP contribution in [0.3, 0.4) is 0 Å². The number of nitrogens with zero attached hydrogens (tertiary/aromatic N) is 1. The molecule has 3 aromatic heterocycles. The van der Waals surface area contributed by atoms with E-state index in [0.29, 0.717) is 22.0 Å². The smallest absolute Gasteiger partial charge is 0.161 e. The first-order valence-electron chi connectivity index (χ1n) is 7.39. The molecule has 0 saturated heterocycles. The third-order valence-corrected chi connectivity index (χ3v) is 5.31. The van der Waals surface area contributed by atoms with Crippen LogP contribution in [0, 0.1) is 5.82 Å². The lowest BCUT2D eigenvalue weighted by Gasteiger charge is -2.25. The molecule has 0 spiro atoms. The molecule has 0 amide bonds. The van der Waals surface area contributed by atoms with Gasteiger partial charge in [0.05, 0.1) is 5.69 Å². The minimum Gasteiger partial charge on any atom is -0.478 e. The summed E-state index contributed by atoms with van der Waals surface area (Å²) in [5.74, 6) is 0.359.